The molecule has 0 bridgehead atoms. The van der Waals surface area contributed by atoms with Crippen LogP contribution in [0.2, 0.25) is 10.0 Å². The molecule has 0 spiro atoms. The standard InChI is InChI=1S/C15H10Cl2N2/c16-12-7-6-11(9-13(12)17)18-15-8-5-10-3-1-2-4-14(10)19-15/h1-9H,(H,18,19). The van der Waals surface area contributed by atoms with Crippen molar-refractivity contribution in [1.82, 2.24) is 4.98 Å². The highest BCUT2D eigenvalue weighted by molar-refractivity contribution is 6.42. The zero-order chi connectivity index (χ0) is 13.2. The van der Waals surface area contributed by atoms with E-state index in [1.54, 1.807) is 12.1 Å². The topological polar surface area (TPSA) is 24.9 Å². The van der Waals surface area contributed by atoms with E-state index in [4.69, 9.17) is 23.2 Å². The first kappa shape index (κ1) is 12.3. The summed E-state index contributed by atoms with van der Waals surface area (Å²) in [6.45, 7) is 0. The molecule has 4 heteroatoms. The van der Waals surface area contributed by atoms with Crippen molar-refractivity contribution >= 4 is 45.6 Å². The fourth-order valence-corrected chi connectivity index (χ4v) is 2.16. The van der Waals surface area contributed by atoms with E-state index in [0.29, 0.717) is 10.0 Å². The van der Waals surface area contributed by atoms with Crippen LogP contribution in [0.25, 0.3) is 10.9 Å². The number of nitrogens with zero attached hydrogens (tertiary/aromatic N) is 1. The molecule has 1 aromatic heterocycles. The average molecular weight is 289 g/mol. The van der Waals surface area contributed by atoms with Gasteiger partial charge in [0.25, 0.3) is 0 Å². The second-order valence-corrected chi connectivity index (χ2v) is 4.96. The van der Waals surface area contributed by atoms with Crippen molar-refractivity contribution in [3.05, 3.63) is 64.6 Å². The van der Waals surface area contributed by atoms with E-state index >= 15 is 0 Å². The van der Waals surface area contributed by atoms with Crippen LogP contribution in [0.15, 0.2) is 54.6 Å². The van der Waals surface area contributed by atoms with Crippen LogP contribution in [0.1, 0.15) is 0 Å². The van der Waals surface area contributed by atoms with Gasteiger partial charge in [0.1, 0.15) is 5.82 Å². The number of rotatable bonds is 2. The number of para-hydroxylation sites is 1. The zero-order valence-corrected chi connectivity index (χ0v) is 11.4. The molecule has 19 heavy (non-hydrogen) atoms. The van der Waals surface area contributed by atoms with Crippen LogP contribution in [0.3, 0.4) is 0 Å². The third-order valence-electron chi connectivity index (χ3n) is 2.79. The van der Waals surface area contributed by atoms with Gasteiger partial charge in [-0.2, -0.15) is 0 Å². The first-order valence-electron chi connectivity index (χ1n) is 5.80. The molecule has 1 heterocycles. The number of halogens is 2. The van der Waals surface area contributed by atoms with E-state index in [1.165, 1.54) is 0 Å². The normalized spacial score (nSPS) is 10.6. The number of fused-ring (bicyclic) bond motifs is 1. The highest BCUT2D eigenvalue weighted by Crippen LogP contribution is 2.27. The van der Waals surface area contributed by atoms with E-state index in [0.717, 1.165) is 22.4 Å². The minimum absolute atomic E-state index is 0.521. The van der Waals surface area contributed by atoms with Gasteiger partial charge in [-0.25, -0.2) is 4.98 Å². The lowest BCUT2D eigenvalue weighted by molar-refractivity contribution is 1.37. The number of nitrogens with one attached hydrogen (secondary N) is 1. The highest BCUT2D eigenvalue weighted by Gasteiger charge is 2.01. The van der Waals surface area contributed by atoms with Crippen molar-refractivity contribution in [2.75, 3.05) is 5.32 Å². The first-order chi connectivity index (χ1) is 9.22. The quantitative estimate of drug-likeness (QED) is 0.693. The van der Waals surface area contributed by atoms with Crippen molar-refractivity contribution in [3.8, 4) is 0 Å². The van der Waals surface area contributed by atoms with E-state index in [-0.39, 0.29) is 0 Å². The molecule has 0 aliphatic rings. The Morgan fingerprint density at radius 1 is 0.842 bits per heavy atom. The van der Waals surface area contributed by atoms with Crippen molar-refractivity contribution in [3.63, 3.8) is 0 Å². The van der Waals surface area contributed by atoms with Gasteiger partial charge in [0, 0.05) is 11.1 Å². The summed E-state index contributed by atoms with van der Waals surface area (Å²) in [7, 11) is 0. The average Bonchev–Trinajstić information content (AvgIpc) is 2.43. The number of pyridine rings is 1. The van der Waals surface area contributed by atoms with Gasteiger partial charge in [-0.1, -0.05) is 41.4 Å². The first-order valence-corrected chi connectivity index (χ1v) is 6.56. The fourth-order valence-electron chi connectivity index (χ4n) is 1.86. The number of aromatic nitrogens is 1. The fraction of sp³-hybridized carbons (Fsp3) is 0. The van der Waals surface area contributed by atoms with E-state index in [2.05, 4.69) is 10.3 Å². The molecule has 2 nitrogen and oxygen atoms in total. The summed E-state index contributed by atoms with van der Waals surface area (Å²) in [5.41, 5.74) is 1.81. The molecule has 94 valence electrons. The molecule has 0 amide bonds. The van der Waals surface area contributed by atoms with Crippen LogP contribution in [0.4, 0.5) is 11.5 Å². The molecule has 3 rings (SSSR count). The molecule has 0 saturated carbocycles. The molecule has 0 aliphatic carbocycles. The number of hydrogen-bond donors (Lipinski definition) is 1. The molecule has 0 fully saturated rings. The lowest BCUT2D eigenvalue weighted by Crippen LogP contribution is -1.93. The molecule has 0 saturated heterocycles. The Hall–Kier alpha value is -1.77. The van der Waals surface area contributed by atoms with Crippen LogP contribution >= 0.6 is 23.2 Å². The molecule has 0 radical (unpaired) electrons. The van der Waals surface area contributed by atoms with Crippen molar-refractivity contribution in [1.29, 1.82) is 0 Å². The summed E-state index contributed by atoms with van der Waals surface area (Å²) >= 11 is 11.9. The lowest BCUT2D eigenvalue weighted by Gasteiger charge is -2.07. The Morgan fingerprint density at radius 2 is 1.68 bits per heavy atom. The molecular weight excluding hydrogens is 279 g/mol. The molecule has 0 unspecified atom stereocenters. The SMILES string of the molecule is Clc1ccc(Nc2ccc3ccccc3n2)cc1Cl. The van der Waals surface area contributed by atoms with Crippen molar-refractivity contribution < 1.29 is 0 Å². The Kier molecular flexibility index (Phi) is 3.28. The minimum Gasteiger partial charge on any atom is -0.340 e. The minimum atomic E-state index is 0.521. The van der Waals surface area contributed by atoms with Crippen LogP contribution in [-0.2, 0) is 0 Å². The smallest absolute Gasteiger partial charge is 0.131 e. The maximum Gasteiger partial charge on any atom is 0.131 e. The zero-order valence-electron chi connectivity index (χ0n) is 9.90. The van der Waals surface area contributed by atoms with E-state index < -0.39 is 0 Å². The maximum atomic E-state index is 5.98. The van der Waals surface area contributed by atoms with Crippen molar-refractivity contribution in [2.24, 2.45) is 0 Å². The van der Waals surface area contributed by atoms with E-state index in [1.807, 2.05) is 42.5 Å². The monoisotopic (exact) mass is 288 g/mol. The lowest BCUT2D eigenvalue weighted by atomic mass is 10.2. The second-order valence-electron chi connectivity index (χ2n) is 4.14. The van der Waals surface area contributed by atoms with Gasteiger partial charge in [0.15, 0.2) is 0 Å². The van der Waals surface area contributed by atoms with Gasteiger partial charge in [-0.3, -0.25) is 0 Å². The molecule has 3 aromatic rings. The Bertz CT molecular complexity index is 741. The Labute approximate surface area is 121 Å². The van der Waals surface area contributed by atoms with Gasteiger partial charge in [0.2, 0.25) is 0 Å². The molecule has 2 aromatic carbocycles. The van der Waals surface area contributed by atoms with Gasteiger partial charge >= 0.3 is 0 Å². The van der Waals surface area contributed by atoms with Gasteiger partial charge < -0.3 is 5.32 Å². The maximum absolute atomic E-state index is 5.98. The van der Waals surface area contributed by atoms with Crippen LogP contribution < -0.4 is 5.32 Å². The van der Waals surface area contributed by atoms with E-state index in [9.17, 15) is 0 Å². The summed E-state index contributed by atoms with van der Waals surface area (Å²) in [4.78, 5) is 4.54. The predicted octanol–water partition coefficient (Wildman–Crippen LogP) is 5.29. The second kappa shape index (κ2) is 5.08. The summed E-state index contributed by atoms with van der Waals surface area (Å²) < 4.78 is 0. The molecule has 0 atom stereocenters. The summed E-state index contributed by atoms with van der Waals surface area (Å²) in [5.74, 6) is 0.775. The van der Waals surface area contributed by atoms with Gasteiger partial charge in [-0.15, -0.1) is 0 Å². The summed E-state index contributed by atoms with van der Waals surface area (Å²) in [6, 6.07) is 17.3. The largest absolute Gasteiger partial charge is 0.340 e. The number of anilines is 2. The highest BCUT2D eigenvalue weighted by atomic mass is 35.5. The number of hydrogen-bond acceptors (Lipinski definition) is 2. The Balaban J connectivity index is 1.94. The Morgan fingerprint density at radius 3 is 2.53 bits per heavy atom. The van der Waals surface area contributed by atoms with Gasteiger partial charge in [0.05, 0.1) is 15.6 Å². The third kappa shape index (κ3) is 2.65. The van der Waals surface area contributed by atoms with Crippen LogP contribution in [0, 0.1) is 0 Å². The third-order valence-corrected chi connectivity index (χ3v) is 3.53. The van der Waals surface area contributed by atoms with Crippen molar-refractivity contribution in [2.45, 2.75) is 0 Å². The molecule has 1 N–H and O–H groups in total. The number of benzene rings is 2. The predicted molar refractivity (Wildman–Crippen MR) is 81.5 cm³/mol. The molecule has 0 aliphatic heterocycles. The van der Waals surface area contributed by atoms with Crippen LogP contribution in [0.5, 0.6) is 0 Å². The summed E-state index contributed by atoms with van der Waals surface area (Å²) in [5, 5.41) is 5.38. The van der Waals surface area contributed by atoms with Crippen LogP contribution in [-0.4, -0.2) is 4.98 Å². The van der Waals surface area contributed by atoms with Gasteiger partial charge in [-0.05, 0) is 36.4 Å². The molecular formula is C15H10Cl2N2. The summed E-state index contributed by atoms with van der Waals surface area (Å²) in [6.07, 6.45) is 0.